The first-order valence-corrected chi connectivity index (χ1v) is 15.3. The van der Waals surface area contributed by atoms with E-state index in [1.807, 2.05) is 24.3 Å². The van der Waals surface area contributed by atoms with Gasteiger partial charge < -0.3 is 15.6 Å². The number of aromatic amines is 1. The van der Waals surface area contributed by atoms with Gasteiger partial charge in [-0.15, -0.1) is 0 Å². The fraction of sp³-hybridized carbons (Fsp3) is 0.361. The molecular weight excluding hydrogens is 534 g/mol. The maximum Gasteiger partial charge on any atom is 0.326 e. The SMILES string of the molecule is CCCCN(C(=O)Nc1c(C(C)C)cc(-c2cccc(C#CCNCC)c2)cc1C(C)C)c1cc2cccnc2[nH]c1=O. The molecule has 0 bridgehead atoms. The van der Waals surface area contributed by atoms with Crippen molar-refractivity contribution in [2.24, 2.45) is 0 Å². The summed E-state index contributed by atoms with van der Waals surface area (Å²) in [6.45, 7) is 14.6. The highest BCUT2D eigenvalue weighted by Crippen LogP contribution is 2.37. The molecule has 0 atom stereocenters. The number of benzene rings is 2. The van der Waals surface area contributed by atoms with E-state index in [4.69, 9.17) is 0 Å². The van der Waals surface area contributed by atoms with Crippen LogP contribution < -0.4 is 21.1 Å². The molecular formula is C36H43N5O2. The largest absolute Gasteiger partial charge is 0.326 e. The van der Waals surface area contributed by atoms with Gasteiger partial charge in [0.15, 0.2) is 0 Å². The number of amides is 2. The number of carbonyl (C=O) groups is 1. The molecule has 2 aromatic carbocycles. The molecule has 43 heavy (non-hydrogen) atoms. The van der Waals surface area contributed by atoms with Crippen molar-refractivity contribution in [3.8, 4) is 23.0 Å². The van der Waals surface area contributed by atoms with Gasteiger partial charge in [0.2, 0.25) is 0 Å². The molecule has 0 fully saturated rings. The monoisotopic (exact) mass is 577 g/mol. The number of urea groups is 1. The highest BCUT2D eigenvalue weighted by Gasteiger charge is 2.24. The van der Waals surface area contributed by atoms with E-state index >= 15 is 0 Å². The minimum atomic E-state index is -0.338. The molecule has 0 spiro atoms. The number of hydrogen-bond donors (Lipinski definition) is 3. The zero-order valence-electron chi connectivity index (χ0n) is 26.2. The molecule has 0 saturated heterocycles. The molecule has 2 amide bonds. The number of H-pyrrole nitrogens is 1. The Labute approximate surface area is 255 Å². The van der Waals surface area contributed by atoms with Gasteiger partial charge in [-0.05, 0) is 89.5 Å². The Hall–Kier alpha value is -4.41. The summed E-state index contributed by atoms with van der Waals surface area (Å²) in [5.41, 5.74) is 6.50. The van der Waals surface area contributed by atoms with Crippen LogP contribution >= 0.6 is 0 Å². The Bertz CT molecular complexity index is 1660. The van der Waals surface area contributed by atoms with Crippen LogP contribution in [0.2, 0.25) is 0 Å². The van der Waals surface area contributed by atoms with Crippen molar-refractivity contribution in [3.05, 3.63) is 87.8 Å². The molecule has 0 saturated carbocycles. The second kappa shape index (κ2) is 14.7. The highest BCUT2D eigenvalue weighted by atomic mass is 16.2. The number of nitrogens with zero attached hydrogens (tertiary/aromatic N) is 2. The molecule has 0 aliphatic carbocycles. The van der Waals surface area contributed by atoms with Gasteiger partial charge in [0, 0.05) is 29.4 Å². The molecule has 0 unspecified atom stereocenters. The van der Waals surface area contributed by atoms with Crippen LogP contribution in [-0.4, -0.2) is 35.6 Å². The number of anilines is 2. The quantitative estimate of drug-likeness (QED) is 0.133. The van der Waals surface area contributed by atoms with E-state index in [0.29, 0.717) is 24.4 Å². The van der Waals surface area contributed by atoms with Crippen molar-refractivity contribution in [3.63, 3.8) is 0 Å². The van der Waals surface area contributed by atoms with Crippen LogP contribution in [0, 0.1) is 11.8 Å². The summed E-state index contributed by atoms with van der Waals surface area (Å²) in [6.07, 6.45) is 3.29. The van der Waals surface area contributed by atoms with E-state index in [-0.39, 0.29) is 23.4 Å². The Balaban J connectivity index is 1.75. The van der Waals surface area contributed by atoms with Gasteiger partial charge in [0.25, 0.3) is 5.56 Å². The first kappa shape index (κ1) is 31.5. The number of carbonyl (C=O) groups excluding carboxylic acids is 1. The van der Waals surface area contributed by atoms with E-state index < -0.39 is 0 Å². The molecule has 2 aromatic heterocycles. The second-order valence-electron chi connectivity index (χ2n) is 11.4. The topological polar surface area (TPSA) is 90.1 Å². The van der Waals surface area contributed by atoms with Gasteiger partial charge in [-0.25, -0.2) is 9.78 Å². The van der Waals surface area contributed by atoms with Crippen LogP contribution in [0.25, 0.3) is 22.2 Å². The number of pyridine rings is 2. The predicted molar refractivity (Wildman–Crippen MR) is 179 cm³/mol. The van der Waals surface area contributed by atoms with Gasteiger partial charge in [-0.1, -0.05) is 71.9 Å². The second-order valence-corrected chi connectivity index (χ2v) is 11.4. The fourth-order valence-electron chi connectivity index (χ4n) is 5.07. The van der Waals surface area contributed by atoms with Crippen molar-refractivity contribution in [2.75, 3.05) is 29.9 Å². The highest BCUT2D eigenvalue weighted by molar-refractivity contribution is 6.03. The third-order valence-corrected chi connectivity index (χ3v) is 7.43. The number of unbranched alkanes of at least 4 members (excludes halogenated alkanes) is 1. The number of aromatic nitrogens is 2. The lowest BCUT2D eigenvalue weighted by Crippen LogP contribution is -2.39. The Kier molecular flexibility index (Phi) is 10.7. The van der Waals surface area contributed by atoms with E-state index in [1.54, 1.807) is 17.2 Å². The number of fused-ring (bicyclic) bond motifs is 1. The number of nitrogens with one attached hydrogen (secondary N) is 3. The molecule has 0 radical (unpaired) electrons. The van der Waals surface area contributed by atoms with Crippen LogP contribution in [0.3, 0.4) is 0 Å². The van der Waals surface area contributed by atoms with Crippen molar-refractivity contribution in [2.45, 2.75) is 66.2 Å². The summed E-state index contributed by atoms with van der Waals surface area (Å²) >= 11 is 0. The lowest BCUT2D eigenvalue weighted by molar-refractivity contribution is 0.256. The average Bonchev–Trinajstić information content (AvgIpc) is 2.99. The van der Waals surface area contributed by atoms with Gasteiger partial charge in [0.05, 0.1) is 6.54 Å². The third-order valence-electron chi connectivity index (χ3n) is 7.43. The molecule has 4 aromatic rings. The molecule has 224 valence electrons. The smallest absolute Gasteiger partial charge is 0.307 e. The standard InChI is InChI=1S/C36H43N5O2/c1-7-9-19-41(32-23-28-16-12-18-38-34(28)40-35(32)42)36(43)39-33-30(24(3)4)21-29(22-31(33)25(5)6)27-15-10-13-26(20-27)14-11-17-37-8-2/h10,12-13,15-16,18,20-25,37H,7-9,17,19H2,1-6H3,(H,39,43)(H,38,40,42). The molecule has 0 aliphatic rings. The fourth-order valence-corrected chi connectivity index (χ4v) is 5.07. The Morgan fingerprint density at radius 2 is 1.72 bits per heavy atom. The first-order valence-electron chi connectivity index (χ1n) is 15.3. The summed E-state index contributed by atoms with van der Waals surface area (Å²) < 4.78 is 0. The van der Waals surface area contributed by atoms with Crippen molar-refractivity contribution in [1.82, 2.24) is 15.3 Å². The molecule has 4 rings (SSSR count). The average molecular weight is 578 g/mol. The summed E-state index contributed by atoms with van der Waals surface area (Å²) in [5.74, 6) is 6.73. The zero-order valence-corrected chi connectivity index (χ0v) is 26.2. The van der Waals surface area contributed by atoms with E-state index in [0.717, 1.165) is 58.3 Å². The molecule has 7 nitrogen and oxygen atoms in total. The predicted octanol–water partition coefficient (Wildman–Crippen LogP) is 7.64. The lowest BCUT2D eigenvalue weighted by atomic mass is 9.88. The molecule has 0 aliphatic heterocycles. The van der Waals surface area contributed by atoms with Crippen molar-refractivity contribution >= 4 is 28.4 Å². The summed E-state index contributed by atoms with van der Waals surface area (Å²) in [7, 11) is 0. The number of rotatable bonds is 10. The molecule has 3 N–H and O–H groups in total. The van der Waals surface area contributed by atoms with Gasteiger partial charge in [-0.2, -0.15) is 0 Å². The molecule has 7 heteroatoms. The normalized spacial score (nSPS) is 11.1. The van der Waals surface area contributed by atoms with Gasteiger partial charge in [0.1, 0.15) is 11.3 Å². The van der Waals surface area contributed by atoms with E-state index in [9.17, 15) is 9.59 Å². The third kappa shape index (κ3) is 7.71. The van der Waals surface area contributed by atoms with Crippen LogP contribution in [0.4, 0.5) is 16.2 Å². The van der Waals surface area contributed by atoms with Crippen molar-refractivity contribution in [1.29, 1.82) is 0 Å². The van der Waals surface area contributed by atoms with Crippen LogP contribution in [0.5, 0.6) is 0 Å². The maximum atomic E-state index is 14.0. The van der Waals surface area contributed by atoms with Crippen LogP contribution in [0.15, 0.2) is 65.6 Å². The van der Waals surface area contributed by atoms with Gasteiger partial charge in [-0.3, -0.25) is 9.69 Å². The molecule has 2 heterocycles. The van der Waals surface area contributed by atoms with Gasteiger partial charge >= 0.3 is 6.03 Å². The minimum Gasteiger partial charge on any atom is -0.307 e. The van der Waals surface area contributed by atoms with Crippen LogP contribution in [0.1, 0.15) is 82.9 Å². The van der Waals surface area contributed by atoms with E-state index in [1.165, 1.54) is 0 Å². The summed E-state index contributed by atoms with van der Waals surface area (Å²) in [6, 6.07) is 17.7. The summed E-state index contributed by atoms with van der Waals surface area (Å²) in [5, 5.41) is 7.25. The number of hydrogen-bond acceptors (Lipinski definition) is 4. The first-order chi connectivity index (χ1) is 20.7. The summed E-state index contributed by atoms with van der Waals surface area (Å²) in [4.78, 5) is 35.8. The van der Waals surface area contributed by atoms with Crippen LogP contribution in [-0.2, 0) is 0 Å². The zero-order chi connectivity index (χ0) is 30.9. The lowest BCUT2D eigenvalue weighted by Gasteiger charge is -2.27. The van der Waals surface area contributed by atoms with Crippen molar-refractivity contribution < 1.29 is 4.79 Å². The maximum absolute atomic E-state index is 14.0. The Morgan fingerprint density at radius 1 is 0.977 bits per heavy atom. The Morgan fingerprint density at radius 3 is 2.40 bits per heavy atom. The van der Waals surface area contributed by atoms with E-state index in [2.05, 4.69) is 98.3 Å². The minimum absolute atomic E-state index is 0.148.